The van der Waals surface area contributed by atoms with Crippen LogP contribution in [0.3, 0.4) is 0 Å². The zero-order valence-electron chi connectivity index (χ0n) is 40.0. The first-order chi connectivity index (χ1) is 33.5. The molecule has 0 radical (unpaired) electrons. The maximum atomic E-state index is 12.3. The normalized spacial score (nSPS) is 10.8. The molecule has 0 spiro atoms. The van der Waals surface area contributed by atoms with Crippen LogP contribution in [0.15, 0.2) is 60.0 Å². The van der Waals surface area contributed by atoms with Crippen molar-refractivity contribution in [1.82, 2.24) is 85.2 Å². The number of benzene rings is 1. The number of amides is 2. The fourth-order valence-electron chi connectivity index (χ4n) is 5.71. The van der Waals surface area contributed by atoms with E-state index in [1.54, 1.807) is 77.5 Å². The van der Waals surface area contributed by atoms with Crippen LogP contribution in [0.4, 0.5) is 18.9 Å². The van der Waals surface area contributed by atoms with Gasteiger partial charge in [-0.05, 0) is 63.3 Å². The molecule has 1 unspecified atom stereocenters. The lowest BCUT2D eigenvalue weighted by molar-refractivity contribution is -0.139. The number of carboxylic acid groups (broad SMARTS) is 1. The molecule has 0 saturated carbocycles. The summed E-state index contributed by atoms with van der Waals surface area (Å²) in [7, 11) is 7.21. The number of H-pyrrole nitrogens is 1. The number of hydrogen-bond donors (Lipinski definition) is 5. The quantitative estimate of drug-likeness (QED) is 0.0778. The van der Waals surface area contributed by atoms with Crippen LogP contribution in [0.1, 0.15) is 83.7 Å². The molecule has 0 aliphatic rings. The van der Waals surface area contributed by atoms with Crippen molar-refractivity contribution in [3.05, 3.63) is 105 Å². The van der Waals surface area contributed by atoms with Gasteiger partial charge < -0.3 is 26.5 Å². The molecule has 1 aromatic carbocycles. The Morgan fingerprint density at radius 1 is 0.729 bits per heavy atom. The Morgan fingerprint density at radius 2 is 1.23 bits per heavy atom. The summed E-state index contributed by atoms with van der Waals surface area (Å²) in [5.41, 5.74) is 9.89. The molecule has 7 rings (SSSR count). The number of anilines is 1. The third-order valence-electron chi connectivity index (χ3n) is 9.14. The number of carbonyl (C=O) groups excluding carboxylic acids is 2. The Morgan fingerprint density at radius 3 is 1.66 bits per heavy atom. The lowest BCUT2D eigenvalue weighted by Crippen LogP contribution is -2.41. The molecule has 6 heterocycles. The fraction of sp³-hybridized carbons (Fsp3) is 0.465. The molecular weight excluding hydrogens is 919 g/mol. The lowest BCUT2D eigenvalue weighted by Gasteiger charge is -2.14. The second-order valence-electron chi connectivity index (χ2n) is 15.3. The van der Waals surface area contributed by atoms with Gasteiger partial charge in [0.05, 0.1) is 61.2 Å². The van der Waals surface area contributed by atoms with Gasteiger partial charge in [-0.25, -0.2) is 19.7 Å². The van der Waals surface area contributed by atoms with Gasteiger partial charge in [0.15, 0.2) is 11.2 Å². The van der Waals surface area contributed by atoms with Crippen LogP contribution in [-0.4, -0.2) is 129 Å². The van der Waals surface area contributed by atoms with Gasteiger partial charge in [-0.15, -0.1) is 20.4 Å². The largest absolute Gasteiger partial charge is 0.480 e. The first-order valence-electron chi connectivity index (χ1n) is 22.0. The second kappa shape index (κ2) is 30.4. The van der Waals surface area contributed by atoms with Crippen LogP contribution in [0.25, 0.3) is 11.2 Å². The summed E-state index contributed by atoms with van der Waals surface area (Å²) in [4.78, 5) is 61.6. The molecule has 0 fully saturated rings. The maximum Gasteiger partial charge on any atom is 0.326 e. The number of primary amides is 1. The zero-order valence-corrected chi connectivity index (χ0v) is 40.0. The highest BCUT2D eigenvalue weighted by Gasteiger charge is 2.21. The zero-order chi connectivity index (χ0) is 51.4. The van der Waals surface area contributed by atoms with Crippen molar-refractivity contribution in [1.29, 1.82) is 0 Å². The van der Waals surface area contributed by atoms with Crippen LogP contribution in [0, 0.1) is 6.92 Å². The third-order valence-corrected chi connectivity index (χ3v) is 9.14. The van der Waals surface area contributed by atoms with Crippen molar-refractivity contribution in [3.8, 4) is 0 Å². The third kappa shape index (κ3) is 21.3. The number of nitrogens with one attached hydrogen (secondary N) is 3. The highest BCUT2D eigenvalue weighted by molar-refractivity contribution is 5.97. The summed E-state index contributed by atoms with van der Waals surface area (Å²) in [6, 6.07) is 5.10. The van der Waals surface area contributed by atoms with Crippen LogP contribution in [0.2, 0.25) is 0 Å². The molecule has 378 valence electrons. The number of unbranched alkanes of at least 4 members (excludes halogenated alkanes) is 1. The molecule has 0 aliphatic heterocycles. The number of carboxylic acids is 1. The van der Waals surface area contributed by atoms with Gasteiger partial charge in [-0.3, -0.25) is 46.3 Å². The molecule has 6 N–H and O–H groups in total. The average molecular weight is 979 g/mol. The van der Waals surface area contributed by atoms with E-state index in [9.17, 15) is 37.5 Å². The minimum absolute atomic E-state index is 0.0965. The van der Waals surface area contributed by atoms with Crippen LogP contribution in [0.5, 0.6) is 0 Å². The smallest absolute Gasteiger partial charge is 0.326 e. The number of halogens is 3. The molecule has 6 aromatic heterocycles. The Labute approximate surface area is 400 Å². The van der Waals surface area contributed by atoms with E-state index in [0.29, 0.717) is 54.3 Å². The number of rotatable bonds is 19. The van der Waals surface area contributed by atoms with Crippen LogP contribution < -0.4 is 21.9 Å². The molecule has 1 atom stereocenters. The van der Waals surface area contributed by atoms with Crippen molar-refractivity contribution in [3.63, 3.8) is 0 Å². The van der Waals surface area contributed by atoms with Gasteiger partial charge in [0.1, 0.15) is 11.9 Å². The lowest BCUT2D eigenvalue weighted by atomic mass is 10.1. The first kappa shape index (κ1) is 56.3. The van der Waals surface area contributed by atoms with Crippen molar-refractivity contribution >= 4 is 34.6 Å². The fourth-order valence-corrected chi connectivity index (χ4v) is 5.71. The maximum absolute atomic E-state index is 12.3. The number of alkyl halides is 3. The summed E-state index contributed by atoms with van der Waals surface area (Å²) in [5, 5.41) is 44.6. The number of hydrogen-bond acceptors (Lipinski definition) is 16. The molecule has 0 bridgehead atoms. The number of aromatic amines is 1. The molecule has 70 heavy (non-hydrogen) atoms. The van der Waals surface area contributed by atoms with Gasteiger partial charge in [0, 0.05) is 83.5 Å². The van der Waals surface area contributed by atoms with Crippen molar-refractivity contribution in [2.75, 3.05) is 25.3 Å². The Balaban J connectivity index is 0.000000274. The first-order valence-corrected chi connectivity index (χ1v) is 22.0. The minimum atomic E-state index is -1.25. The van der Waals surface area contributed by atoms with Crippen LogP contribution in [-0.2, 0) is 70.0 Å². The molecular formula is C43H60F3N19O5. The van der Waals surface area contributed by atoms with Crippen LogP contribution >= 0.6 is 0 Å². The Kier molecular flexibility index (Phi) is 24.5. The second-order valence-corrected chi connectivity index (χ2v) is 15.3. The van der Waals surface area contributed by atoms with Crippen molar-refractivity contribution < 1.29 is 32.7 Å². The number of aliphatic carboxylic acids is 1. The summed E-state index contributed by atoms with van der Waals surface area (Å²) in [5.74, 6) is -2.03. The summed E-state index contributed by atoms with van der Waals surface area (Å²) in [6.45, 7) is 3.10. The monoisotopic (exact) mass is 979 g/mol. The van der Waals surface area contributed by atoms with E-state index in [0.717, 1.165) is 17.8 Å². The molecule has 27 heteroatoms. The van der Waals surface area contributed by atoms with E-state index >= 15 is 0 Å². The van der Waals surface area contributed by atoms with E-state index < -0.39 is 23.8 Å². The highest BCUT2D eigenvalue weighted by Crippen LogP contribution is 2.12. The van der Waals surface area contributed by atoms with E-state index in [4.69, 9.17) is 5.73 Å². The number of aryl methyl sites for hydroxylation is 9. The predicted octanol–water partition coefficient (Wildman–Crippen LogP) is 2.61. The van der Waals surface area contributed by atoms with E-state index in [2.05, 4.69) is 78.7 Å². The topological polar surface area (TPSA) is 316 Å². The van der Waals surface area contributed by atoms with Gasteiger partial charge in [-0.1, -0.05) is 34.2 Å². The van der Waals surface area contributed by atoms with E-state index in [1.165, 1.54) is 31.2 Å². The number of aromatic nitrogens is 16. The number of nitrogens with zero attached hydrogens (tertiary/aromatic N) is 15. The summed E-state index contributed by atoms with van der Waals surface area (Å²) >= 11 is 0. The summed E-state index contributed by atoms with van der Waals surface area (Å²) in [6.07, 6.45) is 13.9. The predicted molar refractivity (Wildman–Crippen MR) is 250 cm³/mol. The minimum Gasteiger partial charge on any atom is -0.480 e. The van der Waals surface area contributed by atoms with Gasteiger partial charge in [0.2, 0.25) is 5.91 Å². The molecule has 7 aromatic rings. The number of fused-ring (bicyclic) bond motifs is 1. The molecule has 2 amide bonds. The number of nitrogens with two attached hydrogens (primary N) is 1. The standard InChI is InChI=1S/C20H21N7O5.C7H13N3.C6H10FN3.2C5H8FN3/c1-10-24-17-16(19(30)25-10)26-13(9-23-17)8-22-12-4-2-11(3-5-12)18(29)27-14(20(31)32)6-7-15(21)28;1-3-4-5-7-6-10(2)9-8-7;1-10-5-6(8-9-10)3-2-4-7;2*1-9-4-5(2-3-6)7-8-9/h2-5,9,14,22H,6-8H2,1H3,(H2,21,28)(H,27,29)(H,31,32)(H,23,24,25,30);6H,3-5H2,1-2H3;5H,2-4H2,1H3;2*4H,2-3H2,1H3/i;;;6-1;. The summed E-state index contributed by atoms with van der Waals surface area (Å²) < 4.78 is 41.3. The molecule has 24 nitrogen and oxygen atoms in total. The molecule has 0 saturated heterocycles. The van der Waals surface area contributed by atoms with Gasteiger partial charge >= 0.3 is 5.97 Å². The van der Waals surface area contributed by atoms with Gasteiger partial charge in [-0.2, -0.15) is 0 Å². The Bertz CT molecular complexity index is 2620. The van der Waals surface area contributed by atoms with Gasteiger partial charge in [0.25, 0.3) is 11.5 Å². The SMILES string of the molecule is CCCCc1cn(C)nn1.Cc1nc2ncc(CNc3ccc(C(=O)NC(CCC(N)=O)C(=O)O)cc3)nc2c(=O)[nH]1.Cn1cc(CCCF)nn1.Cn1cc(CCF)nn1.Cn1cc(CC[18F])nn1. The average Bonchev–Trinajstić information content (AvgIpc) is 4.16. The molecule has 0 aliphatic carbocycles. The number of carbonyl (C=O) groups is 3. The van der Waals surface area contributed by atoms with E-state index in [1.807, 2.05) is 13.2 Å². The van der Waals surface area contributed by atoms with Crippen molar-refractivity contribution in [2.45, 2.75) is 84.2 Å². The van der Waals surface area contributed by atoms with E-state index in [-0.39, 0.29) is 61.7 Å². The highest BCUT2D eigenvalue weighted by atomic mass is 19.1. The van der Waals surface area contributed by atoms with Crippen molar-refractivity contribution in [2.24, 2.45) is 33.9 Å². The Hall–Kier alpha value is -8.00.